The number of nitrogens with zero attached hydrogens (tertiary/aromatic N) is 2. The highest BCUT2D eigenvalue weighted by Crippen LogP contribution is 2.43. The molecule has 1 saturated carbocycles. The first-order chi connectivity index (χ1) is 16.4. The first-order valence-electron chi connectivity index (χ1n) is 12.5. The number of rotatable bonds is 4. The maximum atomic E-state index is 15.8. The summed E-state index contributed by atoms with van der Waals surface area (Å²) in [6, 6.07) is 9.47. The Hall–Kier alpha value is -2.51. The SMILES string of the molecule is CC(C)O[C@H]1CC[C@H](C(=O)N2Cc3cccnc3Nc3ccc(C4(F)CCOCC4)cc32)CC1. The van der Waals surface area contributed by atoms with Gasteiger partial charge >= 0.3 is 0 Å². The van der Waals surface area contributed by atoms with Crippen molar-refractivity contribution in [1.82, 2.24) is 4.98 Å². The molecule has 1 aliphatic carbocycles. The number of fused-ring (bicyclic) bond motifs is 2. The molecule has 2 aliphatic heterocycles. The Bertz CT molecular complexity index is 1030. The van der Waals surface area contributed by atoms with E-state index in [0.29, 0.717) is 38.2 Å². The van der Waals surface area contributed by atoms with E-state index in [4.69, 9.17) is 9.47 Å². The highest BCUT2D eigenvalue weighted by atomic mass is 19.1. The highest BCUT2D eigenvalue weighted by molar-refractivity contribution is 5.99. The molecule has 6 nitrogen and oxygen atoms in total. The first kappa shape index (κ1) is 23.2. The second kappa shape index (κ2) is 9.62. The van der Waals surface area contributed by atoms with Crippen LogP contribution in [-0.2, 0) is 26.5 Å². The third-order valence-corrected chi connectivity index (χ3v) is 7.32. The Morgan fingerprint density at radius 1 is 1.21 bits per heavy atom. The van der Waals surface area contributed by atoms with E-state index >= 15 is 4.39 Å². The molecule has 1 N–H and O–H groups in total. The lowest BCUT2D eigenvalue weighted by Crippen LogP contribution is -2.38. The molecule has 7 heteroatoms. The van der Waals surface area contributed by atoms with E-state index in [1.807, 2.05) is 35.2 Å². The molecule has 2 aromatic rings. The van der Waals surface area contributed by atoms with Crippen LogP contribution in [0, 0.1) is 5.92 Å². The topological polar surface area (TPSA) is 63.7 Å². The van der Waals surface area contributed by atoms with Crippen molar-refractivity contribution in [3.63, 3.8) is 0 Å². The minimum absolute atomic E-state index is 0.0656. The van der Waals surface area contributed by atoms with Crippen molar-refractivity contribution in [3.05, 3.63) is 47.7 Å². The van der Waals surface area contributed by atoms with Gasteiger partial charge in [-0.1, -0.05) is 12.1 Å². The van der Waals surface area contributed by atoms with E-state index in [-0.39, 0.29) is 24.0 Å². The fourth-order valence-corrected chi connectivity index (χ4v) is 5.43. The van der Waals surface area contributed by atoms with Gasteiger partial charge in [0.2, 0.25) is 5.91 Å². The van der Waals surface area contributed by atoms with Crippen LogP contribution in [0.4, 0.5) is 21.6 Å². The first-order valence-corrected chi connectivity index (χ1v) is 12.5. The lowest BCUT2D eigenvalue weighted by molar-refractivity contribution is -0.124. The molecule has 0 bridgehead atoms. The molecule has 0 atom stereocenters. The highest BCUT2D eigenvalue weighted by Gasteiger charge is 2.37. The molecule has 1 amide bonds. The Morgan fingerprint density at radius 3 is 2.71 bits per heavy atom. The number of aromatic nitrogens is 1. The molecule has 1 aromatic heterocycles. The zero-order valence-electron chi connectivity index (χ0n) is 20.1. The average Bonchev–Trinajstić information content (AvgIpc) is 3.00. The van der Waals surface area contributed by atoms with Gasteiger partial charge in [0, 0.05) is 43.7 Å². The third kappa shape index (κ3) is 4.68. The maximum absolute atomic E-state index is 15.8. The Kier molecular flexibility index (Phi) is 6.58. The zero-order valence-corrected chi connectivity index (χ0v) is 20.1. The molecule has 1 aromatic carbocycles. The lowest BCUT2D eigenvalue weighted by atomic mass is 9.85. The number of hydrogen-bond donors (Lipinski definition) is 1. The number of anilines is 3. The number of carbonyl (C=O) groups excluding carboxylic acids is 1. The van der Waals surface area contributed by atoms with Crippen LogP contribution in [-0.4, -0.2) is 36.3 Å². The van der Waals surface area contributed by atoms with E-state index < -0.39 is 5.67 Å². The van der Waals surface area contributed by atoms with Crippen molar-refractivity contribution in [1.29, 1.82) is 0 Å². The van der Waals surface area contributed by atoms with Gasteiger partial charge in [-0.05, 0) is 63.3 Å². The number of alkyl halides is 1. The predicted octanol–water partition coefficient (Wildman–Crippen LogP) is 5.63. The molecule has 5 rings (SSSR count). The summed E-state index contributed by atoms with van der Waals surface area (Å²) < 4.78 is 27.2. The summed E-state index contributed by atoms with van der Waals surface area (Å²) >= 11 is 0. The van der Waals surface area contributed by atoms with Gasteiger partial charge in [0.1, 0.15) is 11.5 Å². The van der Waals surface area contributed by atoms with Crippen LogP contribution < -0.4 is 10.2 Å². The smallest absolute Gasteiger partial charge is 0.230 e. The van der Waals surface area contributed by atoms with Crippen molar-refractivity contribution < 1.29 is 18.7 Å². The van der Waals surface area contributed by atoms with E-state index in [1.165, 1.54) is 0 Å². The molecule has 0 radical (unpaired) electrons. The van der Waals surface area contributed by atoms with Gasteiger partial charge in [0.25, 0.3) is 0 Å². The normalized spacial score (nSPS) is 24.1. The number of halogens is 1. The van der Waals surface area contributed by atoms with Gasteiger partial charge in [-0.25, -0.2) is 9.37 Å². The van der Waals surface area contributed by atoms with E-state index in [2.05, 4.69) is 24.1 Å². The van der Waals surface area contributed by atoms with Gasteiger partial charge < -0.3 is 19.7 Å². The Morgan fingerprint density at radius 2 is 1.97 bits per heavy atom. The second-order valence-corrected chi connectivity index (χ2v) is 10.0. The molecule has 3 heterocycles. The van der Waals surface area contributed by atoms with Gasteiger partial charge in [-0.15, -0.1) is 0 Å². The standard InChI is InChI=1S/C27H34FN3O3/c1-18(2)34-22-8-5-19(6-9-22)26(32)31-17-20-4-3-13-29-25(20)30-23-10-7-21(16-24(23)31)27(28)11-14-33-15-12-27/h3-4,7,10,13,16,18-19,22H,5-6,8-9,11-12,14-15,17H2,1-2H3,(H,29,30)/t19-,22-. The maximum Gasteiger partial charge on any atom is 0.230 e. The van der Waals surface area contributed by atoms with Gasteiger partial charge in [-0.3, -0.25) is 4.79 Å². The fourth-order valence-electron chi connectivity index (χ4n) is 5.43. The fraction of sp³-hybridized carbons (Fsp3) is 0.556. The van der Waals surface area contributed by atoms with Gasteiger partial charge in [0.15, 0.2) is 0 Å². The van der Waals surface area contributed by atoms with Crippen molar-refractivity contribution in [2.24, 2.45) is 5.92 Å². The van der Waals surface area contributed by atoms with Crippen LogP contribution in [0.2, 0.25) is 0 Å². The van der Waals surface area contributed by atoms with Gasteiger partial charge in [0.05, 0.1) is 30.1 Å². The van der Waals surface area contributed by atoms with Crippen LogP contribution in [0.15, 0.2) is 36.5 Å². The summed E-state index contributed by atoms with van der Waals surface area (Å²) in [7, 11) is 0. The van der Waals surface area contributed by atoms with Crippen LogP contribution in [0.25, 0.3) is 0 Å². The van der Waals surface area contributed by atoms with E-state index in [0.717, 1.165) is 48.4 Å². The van der Waals surface area contributed by atoms with E-state index in [9.17, 15) is 4.79 Å². The largest absolute Gasteiger partial charge is 0.381 e. The Balaban J connectivity index is 1.46. The number of carbonyl (C=O) groups is 1. The average molecular weight is 468 g/mol. The number of amides is 1. The van der Waals surface area contributed by atoms with Gasteiger partial charge in [-0.2, -0.15) is 0 Å². The summed E-state index contributed by atoms with van der Waals surface area (Å²) in [4.78, 5) is 20.2. The third-order valence-electron chi connectivity index (χ3n) is 7.32. The van der Waals surface area contributed by atoms with Crippen molar-refractivity contribution >= 4 is 23.1 Å². The predicted molar refractivity (Wildman–Crippen MR) is 130 cm³/mol. The van der Waals surface area contributed by atoms with Crippen LogP contribution in [0.3, 0.4) is 0 Å². The molecule has 182 valence electrons. The van der Waals surface area contributed by atoms with E-state index in [1.54, 1.807) is 6.20 Å². The summed E-state index contributed by atoms with van der Waals surface area (Å²) in [5, 5.41) is 3.39. The molecular weight excluding hydrogens is 433 g/mol. The second-order valence-electron chi connectivity index (χ2n) is 10.0. The quantitative estimate of drug-likeness (QED) is 0.631. The zero-order chi connectivity index (χ0) is 23.7. The summed E-state index contributed by atoms with van der Waals surface area (Å²) in [6.07, 6.45) is 6.20. The molecular formula is C27H34FN3O3. The molecule has 3 aliphatic rings. The van der Waals surface area contributed by atoms with Crippen molar-refractivity contribution in [2.45, 2.75) is 76.8 Å². The molecule has 0 unspecified atom stereocenters. The molecule has 0 spiro atoms. The van der Waals surface area contributed by atoms with Crippen LogP contribution >= 0.6 is 0 Å². The van der Waals surface area contributed by atoms with Crippen molar-refractivity contribution in [3.8, 4) is 0 Å². The number of nitrogens with one attached hydrogen (secondary N) is 1. The minimum Gasteiger partial charge on any atom is -0.381 e. The molecule has 2 fully saturated rings. The van der Waals surface area contributed by atoms with Crippen molar-refractivity contribution in [2.75, 3.05) is 23.4 Å². The number of hydrogen-bond acceptors (Lipinski definition) is 5. The minimum atomic E-state index is -1.44. The van der Waals surface area contributed by atoms with Crippen LogP contribution in [0.5, 0.6) is 0 Å². The number of ether oxygens (including phenoxy) is 2. The molecule has 34 heavy (non-hydrogen) atoms. The number of benzene rings is 1. The monoisotopic (exact) mass is 467 g/mol. The Labute approximate surface area is 200 Å². The summed E-state index contributed by atoms with van der Waals surface area (Å²) in [5.74, 6) is 0.769. The lowest BCUT2D eigenvalue weighted by Gasteiger charge is -2.34. The number of pyridine rings is 1. The van der Waals surface area contributed by atoms with Crippen LogP contribution in [0.1, 0.15) is 63.5 Å². The molecule has 1 saturated heterocycles. The summed E-state index contributed by atoms with van der Waals surface area (Å²) in [5.41, 5.74) is 1.63. The summed E-state index contributed by atoms with van der Waals surface area (Å²) in [6.45, 7) is 5.34.